The Hall–Kier alpha value is -2.80. The van der Waals surface area contributed by atoms with E-state index in [0.717, 1.165) is 16.8 Å². The van der Waals surface area contributed by atoms with Gasteiger partial charge in [-0.25, -0.2) is 4.79 Å². The van der Waals surface area contributed by atoms with Crippen molar-refractivity contribution in [1.82, 2.24) is 5.32 Å². The topological polar surface area (TPSA) is 68.8 Å². The van der Waals surface area contributed by atoms with E-state index in [-0.39, 0.29) is 0 Å². The Bertz CT molecular complexity index is 824. The molecule has 0 spiro atoms. The monoisotopic (exact) mass is 388 g/mol. The summed E-state index contributed by atoms with van der Waals surface area (Å²) in [6.07, 6.45) is 0. The summed E-state index contributed by atoms with van der Waals surface area (Å²) in [6.45, 7) is 4.94. The van der Waals surface area contributed by atoms with Crippen LogP contribution in [0.5, 0.6) is 11.5 Å². The number of rotatable bonds is 7. The highest BCUT2D eigenvalue weighted by molar-refractivity contribution is 7.80. The highest BCUT2D eigenvalue weighted by Gasteiger charge is 2.10. The van der Waals surface area contributed by atoms with Crippen LogP contribution in [0.15, 0.2) is 36.4 Å². The first-order chi connectivity index (χ1) is 13.0. The summed E-state index contributed by atoms with van der Waals surface area (Å²) in [4.78, 5) is 11.7. The molecule has 0 aromatic heterocycles. The molecule has 0 saturated carbocycles. The Balaban J connectivity index is 2.02. The molecule has 0 fully saturated rings. The first kappa shape index (κ1) is 20.5. The maximum Gasteiger partial charge on any atom is 0.337 e. The van der Waals surface area contributed by atoms with Crippen LogP contribution in [0.1, 0.15) is 28.4 Å². The summed E-state index contributed by atoms with van der Waals surface area (Å²) in [5, 5.41) is 6.72. The second-order valence-electron chi connectivity index (χ2n) is 5.75. The maximum absolute atomic E-state index is 11.7. The molecule has 0 radical (unpaired) electrons. The zero-order valence-electron chi connectivity index (χ0n) is 15.9. The van der Waals surface area contributed by atoms with Crippen molar-refractivity contribution >= 4 is 29.0 Å². The fraction of sp³-hybridized carbons (Fsp3) is 0.300. The molecule has 2 aromatic rings. The highest BCUT2D eigenvalue weighted by atomic mass is 32.1. The van der Waals surface area contributed by atoms with Gasteiger partial charge < -0.3 is 24.8 Å². The van der Waals surface area contributed by atoms with Crippen molar-refractivity contribution in [3.8, 4) is 11.5 Å². The largest absolute Gasteiger partial charge is 0.493 e. The molecule has 0 atom stereocenters. The molecule has 144 valence electrons. The number of benzene rings is 2. The minimum atomic E-state index is -0.390. The Morgan fingerprint density at radius 1 is 1.11 bits per heavy atom. The van der Waals surface area contributed by atoms with Crippen molar-refractivity contribution in [2.45, 2.75) is 20.4 Å². The summed E-state index contributed by atoms with van der Waals surface area (Å²) >= 11 is 5.37. The molecule has 6 nitrogen and oxygen atoms in total. The van der Waals surface area contributed by atoms with Gasteiger partial charge in [0.15, 0.2) is 16.6 Å². The summed E-state index contributed by atoms with van der Waals surface area (Å²) in [6, 6.07) is 11.0. The van der Waals surface area contributed by atoms with E-state index in [1.54, 1.807) is 19.2 Å². The van der Waals surface area contributed by atoms with Gasteiger partial charge in [-0.05, 0) is 61.5 Å². The SMILES string of the molecule is CCOc1cc(CNC(=S)Nc2cc(C(=O)OC)ccc2C)ccc1OC. The Morgan fingerprint density at radius 2 is 1.89 bits per heavy atom. The third-order valence-electron chi connectivity index (χ3n) is 3.89. The second-order valence-corrected chi connectivity index (χ2v) is 6.16. The number of carbonyl (C=O) groups excluding carboxylic acids is 1. The van der Waals surface area contributed by atoms with Crippen LogP contribution in [0.3, 0.4) is 0 Å². The molecule has 2 N–H and O–H groups in total. The Labute approximate surface area is 164 Å². The van der Waals surface area contributed by atoms with Crippen molar-refractivity contribution in [1.29, 1.82) is 0 Å². The molecule has 0 aliphatic heterocycles. The average Bonchev–Trinajstić information content (AvgIpc) is 2.68. The molecule has 7 heteroatoms. The van der Waals surface area contributed by atoms with Crippen molar-refractivity contribution < 1.29 is 19.0 Å². The minimum absolute atomic E-state index is 0.390. The zero-order chi connectivity index (χ0) is 19.8. The lowest BCUT2D eigenvalue weighted by atomic mass is 10.1. The van der Waals surface area contributed by atoms with E-state index < -0.39 is 5.97 Å². The summed E-state index contributed by atoms with van der Waals surface area (Å²) in [7, 11) is 2.96. The molecule has 0 saturated heterocycles. The van der Waals surface area contributed by atoms with Crippen molar-refractivity contribution in [2.75, 3.05) is 26.1 Å². The van der Waals surface area contributed by atoms with Gasteiger partial charge >= 0.3 is 5.97 Å². The average molecular weight is 388 g/mol. The predicted octanol–water partition coefficient (Wildman–Crippen LogP) is 3.68. The number of hydrogen-bond acceptors (Lipinski definition) is 5. The van der Waals surface area contributed by atoms with E-state index in [1.165, 1.54) is 7.11 Å². The lowest BCUT2D eigenvalue weighted by Crippen LogP contribution is -2.28. The van der Waals surface area contributed by atoms with Gasteiger partial charge in [-0.15, -0.1) is 0 Å². The predicted molar refractivity (Wildman–Crippen MR) is 110 cm³/mol. The number of thiocarbonyl (C=S) groups is 1. The van der Waals surface area contributed by atoms with Crippen molar-refractivity contribution in [2.24, 2.45) is 0 Å². The summed E-state index contributed by atoms with van der Waals surface area (Å²) in [5.74, 6) is 0.995. The minimum Gasteiger partial charge on any atom is -0.493 e. The van der Waals surface area contributed by atoms with Crippen LogP contribution in [0.4, 0.5) is 5.69 Å². The van der Waals surface area contributed by atoms with Gasteiger partial charge in [0.25, 0.3) is 0 Å². The smallest absolute Gasteiger partial charge is 0.337 e. The van der Waals surface area contributed by atoms with Crippen LogP contribution in [0.25, 0.3) is 0 Å². The number of anilines is 1. The van der Waals surface area contributed by atoms with Gasteiger partial charge in [0, 0.05) is 12.2 Å². The summed E-state index contributed by atoms with van der Waals surface area (Å²) < 4.78 is 15.6. The molecular formula is C20H24N2O4S. The number of carbonyl (C=O) groups is 1. The lowest BCUT2D eigenvalue weighted by Gasteiger charge is -2.15. The van der Waals surface area contributed by atoms with E-state index >= 15 is 0 Å². The van der Waals surface area contributed by atoms with Crippen LogP contribution in [-0.4, -0.2) is 31.9 Å². The van der Waals surface area contributed by atoms with E-state index in [4.69, 9.17) is 26.4 Å². The number of hydrogen-bond donors (Lipinski definition) is 2. The van der Waals surface area contributed by atoms with Crippen LogP contribution < -0.4 is 20.1 Å². The van der Waals surface area contributed by atoms with E-state index in [1.807, 2.05) is 38.1 Å². The molecule has 2 rings (SSSR count). The van der Waals surface area contributed by atoms with Gasteiger partial charge in [0.2, 0.25) is 0 Å². The fourth-order valence-corrected chi connectivity index (χ4v) is 2.63. The molecule has 2 aromatic carbocycles. The Kier molecular flexibility index (Phi) is 7.43. The fourth-order valence-electron chi connectivity index (χ4n) is 2.45. The first-order valence-corrected chi connectivity index (χ1v) is 8.92. The van der Waals surface area contributed by atoms with Gasteiger partial charge in [-0.2, -0.15) is 0 Å². The number of ether oxygens (including phenoxy) is 3. The van der Waals surface area contributed by atoms with Gasteiger partial charge in [-0.1, -0.05) is 12.1 Å². The highest BCUT2D eigenvalue weighted by Crippen LogP contribution is 2.28. The van der Waals surface area contributed by atoms with Crippen molar-refractivity contribution in [3.05, 3.63) is 53.1 Å². The van der Waals surface area contributed by atoms with Gasteiger partial charge in [-0.3, -0.25) is 0 Å². The Morgan fingerprint density at radius 3 is 2.56 bits per heavy atom. The molecule has 0 heterocycles. The van der Waals surface area contributed by atoms with Crippen LogP contribution in [0.2, 0.25) is 0 Å². The van der Waals surface area contributed by atoms with E-state index in [0.29, 0.717) is 35.3 Å². The normalized spacial score (nSPS) is 10.1. The molecule has 0 aliphatic rings. The molecule has 0 unspecified atom stereocenters. The van der Waals surface area contributed by atoms with Crippen LogP contribution in [-0.2, 0) is 11.3 Å². The molecule has 0 bridgehead atoms. The third-order valence-corrected chi connectivity index (χ3v) is 4.13. The summed E-state index contributed by atoms with van der Waals surface area (Å²) in [5.41, 5.74) is 3.18. The first-order valence-electron chi connectivity index (χ1n) is 8.52. The van der Waals surface area contributed by atoms with Crippen molar-refractivity contribution in [3.63, 3.8) is 0 Å². The van der Waals surface area contributed by atoms with E-state index in [9.17, 15) is 4.79 Å². The third kappa shape index (κ3) is 5.59. The lowest BCUT2D eigenvalue weighted by molar-refractivity contribution is 0.0601. The standard InChI is InChI=1S/C20H24N2O4S/c1-5-26-18-10-14(7-9-17(18)24-3)12-21-20(27)22-16-11-15(19(23)25-4)8-6-13(16)2/h6-11H,5,12H2,1-4H3,(H2,21,22,27). The molecular weight excluding hydrogens is 364 g/mol. The number of aryl methyl sites for hydroxylation is 1. The zero-order valence-corrected chi connectivity index (χ0v) is 16.7. The number of nitrogens with one attached hydrogen (secondary N) is 2. The maximum atomic E-state index is 11.7. The van der Waals surface area contributed by atoms with Gasteiger partial charge in [0.1, 0.15) is 0 Å². The number of esters is 1. The second kappa shape index (κ2) is 9.78. The van der Waals surface area contributed by atoms with Gasteiger partial charge in [0.05, 0.1) is 26.4 Å². The van der Waals surface area contributed by atoms with Crippen LogP contribution >= 0.6 is 12.2 Å². The number of methoxy groups -OCH3 is 2. The molecule has 27 heavy (non-hydrogen) atoms. The van der Waals surface area contributed by atoms with Crippen LogP contribution in [0, 0.1) is 6.92 Å². The van der Waals surface area contributed by atoms with E-state index in [2.05, 4.69) is 10.6 Å². The quantitative estimate of drug-likeness (QED) is 0.554. The molecule has 0 amide bonds. The molecule has 0 aliphatic carbocycles.